The molecule has 2 aromatic heterocycles. The van der Waals surface area contributed by atoms with Crippen LogP contribution >= 0.6 is 0 Å². The Kier molecular flexibility index (Phi) is 4.75. The standard InChI is InChI=1S/C20H20FN3O3/c1-13-8-18(23-27-13)20(25)24-7-3-5-15(12-24)19-22-11-17(26-19)10-14-4-2-6-16(21)9-14/h2,4,6,8-9,11,15H,3,5,7,10,12H2,1H3/t15-/m1/s1. The third-order valence-electron chi connectivity index (χ3n) is 4.74. The van der Waals surface area contributed by atoms with E-state index in [4.69, 9.17) is 8.94 Å². The number of carbonyl (C=O) groups excluding carboxylic acids is 1. The van der Waals surface area contributed by atoms with Gasteiger partial charge in [0.1, 0.15) is 17.3 Å². The molecule has 0 saturated carbocycles. The Labute approximate surface area is 156 Å². The van der Waals surface area contributed by atoms with Crippen molar-refractivity contribution in [3.05, 3.63) is 71.0 Å². The Bertz CT molecular complexity index is 949. The molecule has 0 bridgehead atoms. The molecular weight excluding hydrogens is 349 g/mol. The lowest BCUT2D eigenvalue weighted by atomic mass is 9.97. The fourth-order valence-corrected chi connectivity index (χ4v) is 3.43. The highest BCUT2D eigenvalue weighted by Crippen LogP contribution is 2.28. The van der Waals surface area contributed by atoms with Crippen molar-refractivity contribution in [2.75, 3.05) is 13.1 Å². The van der Waals surface area contributed by atoms with Crippen molar-refractivity contribution in [1.82, 2.24) is 15.0 Å². The van der Waals surface area contributed by atoms with E-state index in [2.05, 4.69) is 10.1 Å². The number of nitrogens with zero attached hydrogens (tertiary/aromatic N) is 3. The van der Waals surface area contributed by atoms with Crippen molar-refractivity contribution in [2.24, 2.45) is 0 Å². The fourth-order valence-electron chi connectivity index (χ4n) is 3.43. The van der Waals surface area contributed by atoms with Gasteiger partial charge in [-0.1, -0.05) is 17.3 Å². The van der Waals surface area contributed by atoms with E-state index in [1.54, 1.807) is 30.2 Å². The zero-order valence-corrected chi connectivity index (χ0v) is 15.0. The lowest BCUT2D eigenvalue weighted by Gasteiger charge is -2.30. The quantitative estimate of drug-likeness (QED) is 0.701. The van der Waals surface area contributed by atoms with Crippen LogP contribution in [0.4, 0.5) is 4.39 Å². The van der Waals surface area contributed by atoms with Gasteiger partial charge < -0.3 is 13.8 Å². The average Bonchev–Trinajstić information content (AvgIpc) is 3.30. The number of amides is 1. The lowest BCUT2D eigenvalue weighted by molar-refractivity contribution is 0.0687. The number of benzene rings is 1. The van der Waals surface area contributed by atoms with Crippen molar-refractivity contribution >= 4 is 5.91 Å². The average molecular weight is 369 g/mol. The number of rotatable bonds is 4. The van der Waals surface area contributed by atoms with Crippen molar-refractivity contribution in [2.45, 2.75) is 32.1 Å². The van der Waals surface area contributed by atoms with Crippen molar-refractivity contribution in [3.63, 3.8) is 0 Å². The number of piperidine rings is 1. The first-order chi connectivity index (χ1) is 13.1. The molecule has 1 aromatic carbocycles. The molecular formula is C20H20FN3O3. The molecule has 1 amide bonds. The molecule has 140 valence electrons. The molecule has 0 radical (unpaired) electrons. The summed E-state index contributed by atoms with van der Waals surface area (Å²) in [5.41, 5.74) is 1.16. The van der Waals surface area contributed by atoms with Gasteiger partial charge in [-0.25, -0.2) is 9.37 Å². The first-order valence-electron chi connectivity index (χ1n) is 9.00. The van der Waals surface area contributed by atoms with E-state index in [0.29, 0.717) is 42.6 Å². The lowest BCUT2D eigenvalue weighted by Crippen LogP contribution is -2.39. The number of hydrogen-bond acceptors (Lipinski definition) is 5. The molecule has 1 saturated heterocycles. The second kappa shape index (κ2) is 7.34. The summed E-state index contributed by atoms with van der Waals surface area (Å²) in [4.78, 5) is 18.7. The minimum Gasteiger partial charge on any atom is -0.445 e. The molecule has 0 unspecified atom stereocenters. The molecule has 4 rings (SSSR count). The molecule has 1 atom stereocenters. The van der Waals surface area contributed by atoms with Crippen LogP contribution in [0, 0.1) is 12.7 Å². The molecule has 6 nitrogen and oxygen atoms in total. The molecule has 1 aliphatic rings. The summed E-state index contributed by atoms with van der Waals surface area (Å²) in [6.45, 7) is 2.97. The molecule has 0 spiro atoms. The summed E-state index contributed by atoms with van der Waals surface area (Å²) >= 11 is 0. The van der Waals surface area contributed by atoms with E-state index in [-0.39, 0.29) is 17.6 Å². The maximum absolute atomic E-state index is 13.3. The number of aryl methyl sites for hydroxylation is 1. The van der Waals surface area contributed by atoms with Crippen LogP contribution in [0.5, 0.6) is 0 Å². The second-order valence-corrected chi connectivity index (χ2v) is 6.88. The summed E-state index contributed by atoms with van der Waals surface area (Å²) in [6.07, 6.45) is 3.94. The highest BCUT2D eigenvalue weighted by atomic mass is 19.1. The topological polar surface area (TPSA) is 72.4 Å². The van der Waals surface area contributed by atoms with Gasteiger partial charge in [0, 0.05) is 25.6 Å². The van der Waals surface area contributed by atoms with Crippen LogP contribution in [0.2, 0.25) is 0 Å². The van der Waals surface area contributed by atoms with Crippen LogP contribution in [-0.4, -0.2) is 34.0 Å². The van der Waals surface area contributed by atoms with Crippen LogP contribution < -0.4 is 0 Å². The minimum absolute atomic E-state index is 0.0388. The smallest absolute Gasteiger partial charge is 0.276 e. The SMILES string of the molecule is Cc1cc(C(=O)N2CCC[C@@H](c3ncc(Cc4cccc(F)c4)o3)C2)no1. The van der Waals surface area contributed by atoms with E-state index < -0.39 is 0 Å². The molecule has 1 aliphatic heterocycles. The molecule has 3 heterocycles. The summed E-state index contributed by atoms with van der Waals surface area (Å²) in [5.74, 6) is 1.56. The minimum atomic E-state index is -0.267. The molecule has 1 fully saturated rings. The largest absolute Gasteiger partial charge is 0.445 e. The van der Waals surface area contributed by atoms with Gasteiger partial charge in [0.15, 0.2) is 11.6 Å². The van der Waals surface area contributed by atoms with Crippen molar-refractivity contribution in [1.29, 1.82) is 0 Å². The van der Waals surface area contributed by atoms with Crippen LogP contribution in [-0.2, 0) is 6.42 Å². The van der Waals surface area contributed by atoms with Gasteiger partial charge in [-0.2, -0.15) is 0 Å². The Morgan fingerprint density at radius 2 is 2.26 bits per heavy atom. The number of hydrogen-bond donors (Lipinski definition) is 0. The summed E-state index contributed by atoms with van der Waals surface area (Å²) in [6, 6.07) is 8.08. The Morgan fingerprint density at radius 1 is 1.37 bits per heavy atom. The van der Waals surface area contributed by atoms with Gasteiger partial charge in [-0.15, -0.1) is 0 Å². The number of carbonyl (C=O) groups is 1. The maximum Gasteiger partial charge on any atom is 0.276 e. The highest BCUT2D eigenvalue weighted by molar-refractivity contribution is 5.92. The summed E-state index contributed by atoms with van der Waals surface area (Å²) in [7, 11) is 0. The van der Waals surface area contributed by atoms with E-state index in [1.807, 2.05) is 6.07 Å². The fraction of sp³-hybridized carbons (Fsp3) is 0.350. The molecule has 27 heavy (non-hydrogen) atoms. The third-order valence-corrected chi connectivity index (χ3v) is 4.74. The Balaban J connectivity index is 1.44. The number of halogens is 1. The zero-order chi connectivity index (χ0) is 18.8. The number of aromatic nitrogens is 2. The van der Waals surface area contributed by atoms with Crippen molar-refractivity contribution < 1.29 is 18.1 Å². The summed E-state index contributed by atoms with van der Waals surface area (Å²) in [5, 5.41) is 3.81. The predicted octanol–water partition coefficient (Wildman–Crippen LogP) is 3.72. The van der Waals surface area contributed by atoms with E-state index >= 15 is 0 Å². The van der Waals surface area contributed by atoms with Crippen molar-refractivity contribution in [3.8, 4) is 0 Å². The predicted molar refractivity (Wildman–Crippen MR) is 94.8 cm³/mol. The van der Waals surface area contributed by atoms with Crippen LogP contribution in [0.15, 0.2) is 45.5 Å². The monoisotopic (exact) mass is 369 g/mol. The van der Waals surface area contributed by atoms with Crippen LogP contribution in [0.25, 0.3) is 0 Å². The Hall–Kier alpha value is -2.96. The van der Waals surface area contributed by atoms with Gasteiger partial charge >= 0.3 is 0 Å². The van der Waals surface area contributed by atoms with Crippen LogP contribution in [0.3, 0.4) is 0 Å². The van der Waals surface area contributed by atoms with Gasteiger partial charge in [0.2, 0.25) is 0 Å². The van der Waals surface area contributed by atoms with E-state index in [9.17, 15) is 9.18 Å². The van der Waals surface area contributed by atoms with Gasteiger partial charge in [-0.05, 0) is 37.5 Å². The highest BCUT2D eigenvalue weighted by Gasteiger charge is 2.29. The first-order valence-corrected chi connectivity index (χ1v) is 9.00. The summed E-state index contributed by atoms with van der Waals surface area (Å²) < 4.78 is 24.2. The normalized spacial score (nSPS) is 17.3. The molecule has 7 heteroatoms. The van der Waals surface area contributed by atoms with Gasteiger partial charge in [0.25, 0.3) is 5.91 Å². The first kappa shape index (κ1) is 17.5. The molecule has 3 aromatic rings. The van der Waals surface area contributed by atoms with E-state index in [1.165, 1.54) is 12.1 Å². The molecule has 0 N–H and O–H groups in total. The van der Waals surface area contributed by atoms with E-state index in [0.717, 1.165) is 18.4 Å². The third kappa shape index (κ3) is 3.92. The number of likely N-dealkylation sites (tertiary alicyclic amines) is 1. The maximum atomic E-state index is 13.3. The zero-order valence-electron chi connectivity index (χ0n) is 15.0. The van der Waals surface area contributed by atoms with Gasteiger partial charge in [0.05, 0.1) is 12.1 Å². The van der Waals surface area contributed by atoms with Crippen LogP contribution in [0.1, 0.15) is 52.2 Å². The Morgan fingerprint density at radius 3 is 3.04 bits per heavy atom. The van der Waals surface area contributed by atoms with Gasteiger partial charge in [-0.3, -0.25) is 4.79 Å². The molecule has 0 aliphatic carbocycles. The number of oxazole rings is 1. The second-order valence-electron chi connectivity index (χ2n) is 6.88.